The lowest BCUT2D eigenvalue weighted by Crippen LogP contribution is -2.39. The van der Waals surface area contributed by atoms with Crippen molar-refractivity contribution in [1.29, 1.82) is 0 Å². The Morgan fingerprint density at radius 2 is 1.81 bits per heavy atom. The molecule has 0 spiro atoms. The van der Waals surface area contributed by atoms with Crippen molar-refractivity contribution >= 4 is 17.6 Å². The van der Waals surface area contributed by atoms with Crippen LogP contribution in [0.2, 0.25) is 0 Å². The summed E-state index contributed by atoms with van der Waals surface area (Å²) in [5.41, 5.74) is -1.31. The first-order valence-electron chi connectivity index (χ1n) is 6.32. The van der Waals surface area contributed by atoms with E-state index in [9.17, 15) is 22.8 Å². The van der Waals surface area contributed by atoms with E-state index in [0.29, 0.717) is 6.54 Å². The van der Waals surface area contributed by atoms with Gasteiger partial charge in [0.15, 0.2) is 0 Å². The summed E-state index contributed by atoms with van der Waals surface area (Å²) in [6.07, 6.45) is -3.82. The fraction of sp³-hybridized carbons (Fsp3) is 0.385. The molecule has 0 saturated heterocycles. The second kappa shape index (κ2) is 7.51. The molecule has 1 aromatic carbocycles. The Kier molecular flexibility index (Phi) is 6.01. The number of hydrogen-bond donors (Lipinski definition) is 3. The third kappa shape index (κ3) is 5.72. The minimum Gasteiger partial charge on any atom is -0.355 e. The minimum absolute atomic E-state index is 0.306. The van der Waals surface area contributed by atoms with Gasteiger partial charge < -0.3 is 16.0 Å². The van der Waals surface area contributed by atoms with E-state index in [2.05, 4.69) is 16.0 Å². The number of benzene rings is 1. The van der Waals surface area contributed by atoms with E-state index < -0.39 is 23.7 Å². The highest BCUT2D eigenvalue weighted by Crippen LogP contribution is 2.34. The van der Waals surface area contributed by atoms with E-state index >= 15 is 0 Å². The molecule has 3 N–H and O–H groups in total. The molecule has 8 heteroatoms. The predicted octanol–water partition coefficient (Wildman–Crippen LogP) is 2.35. The summed E-state index contributed by atoms with van der Waals surface area (Å²) in [6, 6.07) is 3.73. The number of carbonyl (C=O) groups is 2. The first-order chi connectivity index (χ1) is 9.84. The third-order valence-electron chi connectivity index (χ3n) is 2.46. The zero-order valence-corrected chi connectivity index (χ0v) is 11.4. The number of anilines is 1. The van der Waals surface area contributed by atoms with Crippen LogP contribution in [0.15, 0.2) is 24.3 Å². The lowest BCUT2D eigenvalue weighted by molar-refractivity contribution is -0.137. The summed E-state index contributed by atoms with van der Waals surface area (Å²) in [6.45, 7) is 2.04. The van der Waals surface area contributed by atoms with Crippen LogP contribution < -0.4 is 16.0 Å². The molecule has 0 aliphatic carbocycles. The standard InChI is InChI=1S/C13H16F3N3O2/c1-2-7-17-11(20)8-18-12(21)19-10-6-4-3-5-9(10)13(14,15)16/h3-6H,2,7-8H2,1H3,(H,17,20)(H2,18,19,21). The average Bonchev–Trinajstić information content (AvgIpc) is 2.42. The van der Waals surface area contributed by atoms with Gasteiger partial charge >= 0.3 is 12.2 Å². The molecule has 1 rings (SSSR count). The van der Waals surface area contributed by atoms with Crippen molar-refractivity contribution in [1.82, 2.24) is 10.6 Å². The Hall–Kier alpha value is -2.25. The predicted molar refractivity (Wildman–Crippen MR) is 71.8 cm³/mol. The lowest BCUT2D eigenvalue weighted by atomic mass is 10.1. The summed E-state index contributed by atoms with van der Waals surface area (Å²) in [4.78, 5) is 22.8. The second-order valence-corrected chi connectivity index (χ2v) is 4.20. The fourth-order valence-electron chi connectivity index (χ4n) is 1.49. The molecule has 116 valence electrons. The van der Waals surface area contributed by atoms with Crippen LogP contribution in [0.4, 0.5) is 23.7 Å². The molecular formula is C13H16F3N3O2. The van der Waals surface area contributed by atoms with Crippen molar-refractivity contribution in [2.24, 2.45) is 0 Å². The van der Waals surface area contributed by atoms with Crippen LogP contribution >= 0.6 is 0 Å². The highest BCUT2D eigenvalue weighted by atomic mass is 19.4. The van der Waals surface area contributed by atoms with Gasteiger partial charge in [-0.3, -0.25) is 4.79 Å². The fourth-order valence-corrected chi connectivity index (χ4v) is 1.49. The lowest BCUT2D eigenvalue weighted by Gasteiger charge is -2.14. The van der Waals surface area contributed by atoms with E-state index in [-0.39, 0.29) is 12.2 Å². The number of amides is 3. The number of hydrogen-bond acceptors (Lipinski definition) is 2. The Balaban J connectivity index is 2.58. The molecule has 0 unspecified atom stereocenters. The van der Waals surface area contributed by atoms with Gasteiger partial charge in [-0.25, -0.2) is 4.79 Å². The van der Waals surface area contributed by atoms with Gasteiger partial charge in [-0.2, -0.15) is 13.2 Å². The van der Waals surface area contributed by atoms with E-state index in [0.717, 1.165) is 18.6 Å². The zero-order chi connectivity index (χ0) is 15.9. The molecule has 1 aromatic rings. The summed E-state index contributed by atoms with van der Waals surface area (Å²) >= 11 is 0. The number of alkyl halides is 3. The largest absolute Gasteiger partial charge is 0.418 e. The summed E-state index contributed by atoms with van der Waals surface area (Å²) in [5, 5.41) is 6.79. The van der Waals surface area contributed by atoms with Gasteiger partial charge in [-0.15, -0.1) is 0 Å². The van der Waals surface area contributed by atoms with Crippen molar-refractivity contribution in [3.63, 3.8) is 0 Å². The summed E-state index contributed by atoms with van der Waals surface area (Å²) in [5.74, 6) is -0.406. The monoisotopic (exact) mass is 303 g/mol. The Bertz CT molecular complexity index is 504. The number of nitrogens with one attached hydrogen (secondary N) is 3. The maximum atomic E-state index is 12.7. The third-order valence-corrected chi connectivity index (χ3v) is 2.46. The van der Waals surface area contributed by atoms with Gasteiger partial charge in [-0.05, 0) is 18.6 Å². The van der Waals surface area contributed by atoms with Crippen molar-refractivity contribution in [3.8, 4) is 0 Å². The second-order valence-electron chi connectivity index (χ2n) is 4.20. The first-order valence-corrected chi connectivity index (χ1v) is 6.32. The minimum atomic E-state index is -4.57. The van der Waals surface area contributed by atoms with Crippen molar-refractivity contribution in [3.05, 3.63) is 29.8 Å². The molecular weight excluding hydrogens is 287 g/mol. The highest BCUT2D eigenvalue weighted by Gasteiger charge is 2.33. The number of halogens is 3. The van der Waals surface area contributed by atoms with E-state index in [4.69, 9.17) is 0 Å². The zero-order valence-electron chi connectivity index (χ0n) is 11.4. The normalized spacial score (nSPS) is 10.9. The Morgan fingerprint density at radius 1 is 1.14 bits per heavy atom. The SMILES string of the molecule is CCCNC(=O)CNC(=O)Nc1ccccc1C(F)(F)F. The number of urea groups is 1. The van der Waals surface area contributed by atoms with Crippen LogP contribution in [0, 0.1) is 0 Å². The molecule has 5 nitrogen and oxygen atoms in total. The number of rotatable bonds is 5. The first kappa shape index (κ1) is 16.8. The van der Waals surface area contributed by atoms with Gasteiger partial charge in [0.05, 0.1) is 17.8 Å². The van der Waals surface area contributed by atoms with E-state index in [1.807, 2.05) is 6.92 Å². The van der Waals surface area contributed by atoms with Crippen LogP contribution in [0.1, 0.15) is 18.9 Å². The average molecular weight is 303 g/mol. The molecule has 0 radical (unpaired) electrons. The van der Waals surface area contributed by atoms with E-state index in [1.54, 1.807) is 0 Å². The maximum absolute atomic E-state index is 12.7. The maximum Gasteiger partial charge on any atom is 0.418 e. The summed E-state index contributed by atoms with van der Waals surface area (Å²) < 4.78 is 38.1. The van der Waals surface area contributed by atoms with E-state index in [1.165, 1.54) is 12.1 Å². The van der Waals surface area contributed by atoms with Crippen LogP contribution in [0.3, 0.4) is 0 Å². The van der Waals surface area contributed by atoms with Crippen molar-refractivity contribution in [2.75, 3.05) is 18.4 Å². The molecule has 0 heterocycles. The molecule has 0 fully saturated rings. The molecule has 0 saturated carbocycles. The topological polar surface area (TPSA) is 70.2 Å². The van der Waals surface area contributed by atoms with Crippen molar-refractivity contribution < 1.29 is 22.8 Å². The molecule has 0 atom stereocenters. The molecule has 0 bridgehead atoms. The Labute approximate surface area is 119 Å². The van der Waals surface area contributed by atoms with Gasteiger partial charge in [0, 0.05) is 6.54 Å². The van der Waals surface area contributed by atoms with Crippen LogP contribution in [-0.2, 0) is 11.0 Å². The number of para-hydroxylation sites is 1. The molecule has 0 aromatic heterocycles. The number of carbonyl (C=O) groups excluding carboxylic acids is 2. The molecule has 0 aliphatic heterocycles. The smallest absolute Gasteiger partial charge is 0.355 e. The van der Waals surface area contributed by atoms with Crippen LogP contribution in [0.5, 0.6) is 0 Å². The Morgan fingerprint density at radius 3 is 2.43 bits per heavy atom. The molecule has 21 heavy (non-hydrogen) atoms. The van der Waals surface area contributed by atoms with Gasteiger partial charge in [0.2, 0.25) is 5.91 Å². The molecule has 0 aliphatic rings. The van der Waals surface area contributed by atoms with Gasteiger partial charge in [0.25, 0.3) is 0 Å². The molecule has 3 amide bonds. The van der Waals surface area contributed by atoms with Gasteiger partial charge in [0.1, 0.15) is 0 Å². The summed E-state index contributed by atoms with van der Waals surface area (Å²) in [7, 11) is 0. The van der Waals surface area contributed by atoms with Gasteiger partial charge in [-0.1, -0.05) is 19.1 Å². The van der Waals surface area contributed by atoms with Crippen LogP contribution in [0.25, 0.3) is 0 Å². The van der Waals surface area contributed by atoms with Crippen molar-refractivity contribution in [2.45, 2.75) is 19.5 Å². The highest BCUT2D eigenvalue weighted by molar-refractivity contribution is 5.92. The van der Waals surface area contributed by atoms with Crippen LogP contribution in [-0.4, -0.2) is 25.0 Å². The quantitative estimate of drug-likeness (QED) is 0.781.